The third-order valence-corrected chi connectivity index (χ3v) is 5.90. The number of carbonyl (C=O) groups excluding carboxylic acids is 2. The summed E-state index contributed by atoms with van der Waals surface area (Å²) < 4.78 is 5.52. The van der Waals surface area contributed by atoms with Crippen molar-refractivity contribution in [2.24, 2.45) is 17.1 Å². The Morgan fingerprint density at radius 2 is 1.88 bits per heavy atom. The van der Waals surface area contributed by atoms with Crippen molar-refractivity contribution < 1.29 is 14.3 Å². The van der Waals surface area contributed by atoms with Crippen molar-refractivity contribution in [3.05, 3.63) is 0 Å². The lowest BCUT2D eigenvalue weighted by molar-refractivity contribution is -0.127. The van der Waals surface area contributed by atoms with Crippen molar-refractivity contribution in [2.75, 3.05) is 6.54 Å². The molecule has 0 radical (unpaired) electrons. The summed E-state index contributed by atoms with van der Waals surface area (Å²) in [5.74, 6) is -0.323. The molecule has 6 heteroatoms. The number of nitrogens with zero attached hydrogens (tertiary/aromatic N) is 1. The Kier molecular flexibility index (Phi) is 4.31. The molecule has 0 unspecified atom stereocenters. The van der Waals surface area contributed by atoms with Gasteiger partial charge in [-0.2, -0.15) is 0 Å². The van der Waals surface area contributed by atoms with Crippen molar-refractivity contribution in [1.29, 1.82) is 0 Å². The van der Waals surface area contributed by atoms with E-state index in [4.69, 9.17) is 10.5 Å². The van der Waals surface area contributed by atoms with Gasteiger partial charge in [-0.25, -0.2) is 4.79 Å². The van der Waals surface area contributed by atoms with Crippen LogP contribution in [-0.4, -0.2) is 47.2 Å². The first kappa shape index (κ1) is 17.5. The third kappa shape index (κ3) is 3.13. The van der Waals surface area contributed by atoms with Crippen molar-refractivity contribution in [3.8, 4) is 0 Å². The minimum absolute atomic E-state index is 0.00335. The average Bonchev–Trinajstić information content (AvgIpc) is 2.96. The van der Waals surface area contributed by atoms with Crippen LogP contribution < -0.4 is 11.1 Å². The van der Waals surface area contributed by atoms with Gasteiger partial charge in [0.25, 0.3) is 0 Å². The number of fused-ring (bicyclic) bond motifs is 2. The maximum absolute atomic E-state index is 12.7. The second kappa shape index (κ2) is 5.90. The topological polar surface area (TPSA) is 84.7 Å². The molecule has 2 amide bonds. The Morgan fingerprint density at radius 1 is 1.25 bits per heavy atom. The molecule has 136 valence electrons. The van der Waals surface area contributed by atoms with E-state index >= 15 is 0 Å². The molecule has 24 heavy (non-hydrogen) atoms. The van der Waals surface area contributed by atoms with E-state index in [1.54, 1.807) is 4.90 Å². The molecule has 3 aliphatic rings. The fraction of sp³-hybridized carbons (Fsp3) is 0.889. The molecule has 2 aliphatic heterocycles. The number of ether oxygens (including phenoxy) is 1. The van der Waals surface area contributed by atoms with Crippen LogP contribution in [0, 0.1) is 11.3 Å². The molecule has 0 aromatic carbocycles. The second-order valence-electron chi connectivity index (χ2n) is 9.08. The summed E-state index contributed by atoms with van der Waals surface area (Å²) in [6, 6.07) is -0.514. The zero-order chi connectivity index (χ0) is 17.7. The number of hydrogen-bond acceptors (Lipinski definition) is 4. The number of hydrogen-bond donors (Lipinski definition) is 2. The molecule has 2 heterocycles. The van der Waals surface area contributed by atoms with Gasteiger partial charge >= 0.3 is 6.09 Å². The van der Waals surface area contributed by atoms with E-state index in [9.17, 15) is 9.59 Å². The van der Waals surface area contributed by atoms with E-state index in [1.807, 2.05) is 20.8 Å². The van der Waals surface area contributed by atoms with Gasteiger partial charge in [0.05, 0.1) is 12.0 Å². The minimum Gasteiger partial charge on any atom is -0.444 e. The first-order chi connectivity index (χ1) is 11.1. The van der Waals surface area contributed by atoms with Crippen LogP contribution in [-0.2, 0) is 9.53 Å². The van der Waals surface area contributed by atoms with Gasteiger partial charge in [0.2, 0.25) is 5.91 Å². The molecule has 1 saturated carbocycles. The van der Waals surface area contributed by atoms with Gasteiger partial charge < -0.3 is 15.8 Å². The second-order valence-corrected chi connectivity index (χ2v) is 9.08. The van der Waals surface area contributed by atoms with Gasteiger partial charge in [0.1, 0.15) is 5.60 Å². The van der Waals surface area contributed by atoms with Crippen LogP contribution in [0.25, 0.3) is 0 Å². The van der Waals surface area contributed by atoms with Crippen molar-refractivity contribution >= 4 is 12.0 Å². The largest absolute Gasteiger partial charge is 0.444 e. The summed E-state index contributed by atoms with van der Waals surface area (Å²) in [4.78, 5) is 27.0. The van der Waals surface area contributed by atoms with E-state index in [1.165, 1.54) is 19.3 Å². The van der Waals surface area contributed by atoms with E-state index in [0.29, 0.717) is 6.54 Å². The van der Waals surface area contributed by atoms with Gasteiger partial charge in [-0.05, 0) is 51.9 Å². The molecular formula is C18H31N3O3. The van der Waals surface area contributed by atoms with Crippen LogP contribution in [0.2, 0.25) is 0 Å². The van der Waals surface area contributed by atoms with Crippen LogP contribution in [0.5, 0.6) is 0 Å². The molecule has 4 atom stereocenters. The predicted octanol–water partition coefficient (Wildman–Crippen LogP) is 2.02. The van der Waals surface area contributed by atoms with Crippen LogP contribution >= 0.6 is 0 Å². The highest BCUT2D eigenvalue weighted by atomic mass is 16.6. The van der Waals surface area contributed by atoms with Crippen LogP contribution in [0.15, 0.2) is 0 Å². The molecule has 3 rings (SSSR count). The highest BCUT2D eigenvalue weighted by molar-refractivity contribution is 5.83. The molecule has 3 fully saturated rings. The number of amides is 2. The van der Waals surface area contributed by atoms with Gasteiger partial charge in [-0.15, -0.1) is 0 Å². The summed E-state index contributed by atoms with van der Waals surface area (Å²) in [6.45, 7) is 8.48. The van der Waals surface area contributed by atoms with Gasteiger partial charge in [0, 0.05) is 18.6 Å². The molecule has 0 aromatic heterocycles. The molecule has 1 aliphatic carbocycles. The number of nitrogens with one attached hydrogen (secondary N) is 1. The maximum atomic E-state index is 12.7. The zero-order valence-corrected chi connectivity index (χ0v) is 15.3. The average molecular weight is 337 g/mol. The molecule has 2 saturated heterocycles. The Bertz CT molecular complexity index is 524. The molecule has 6 nitrogen and oxygen atoms in total. The summed E-state index contributed by atoms with van der Waals surface area (Å²) in [5.41, 5.74) is 6.03. The first-order valence-electron chi connectivity index (χ1n) is 9.16. The normalized spacial score (nSPS) is 34.0. The summed E-state index contributed by atoms with van der Waals surface area (Å²) in [7, 11) is 0. The molecular weight excluding hydrogens is 306 g/mol. The molecule has 0 spiro atoms. The highest BCUT2D eigenvalue weighted by Crippen LogP contribution is 2.43. The number of nitrogens with two attached hydrogens (primary N) is 1. The fourth-order valence-corrected chi connectivity index (χ4v) is 4.40. The maximum Gasteiger partial charge on any atom is 0.410 e. The summed E-state index contributed by atoms with van der Waals surface area (Å²) in [5, 5.41) is 3.09. The van der Waals surface area contributed by atoms with E-state index in [2.05, 4.69) is 12.2 Å². The smallest absolute Gasteiger partial charge is 0.410 e. The Morgan fingerprint density at radius 3 is 2.42 bits per heavy atom. The summed E-state index contributed by atoms with van der Waals surface area (Å²) >= 11 is 0. The highest BCUT2D eigenvalue weighted by Gasteiger charge is 2.57. The van der Waals surface area contributed by atoms with Gasteiger partial charge in [-0.1, -0.05) is 13.3 Å². The van der Waals surface area contributed by atoms with Crippen LogP contribution in [0.4, 0.5) is 4.79 Å². The van der Waals surface area contributed by atoms with Gasteiger partial charge in [-0.3, -0.25) is 9.69 Å². The third-order valence-electron chi connectivity index (χ3n) is 5.90. The SMILES string of the molecule is CC1(CNC(=O)[C@H]2[C@@H](N)[C@H]3CC[C@@H]2N3C(=O)OC(C)(C)C)CCC1. The Hall–Kier alpha value is -1.30. The van der Waals surface area contributed by atoms with Crippen LogP contribution in [0.1, 0.15) is 59.8 Å². The lowest BCUT2D eigenvalue weighted by Gasteiger charge is -2.39. The molecule has 2 bridgehead atoms. The van der Waals surface area contributed by atoms with Crippen molar-refractivity contribution in [3.63, 3.8) is 0 Å². The lowest BCUT2D eigenvalue weighted by Crippen LogP contribution is -2.50. The van der Waals surface area contributed by atoms with Gasteiger partial charge in [0.15, 0.2) is 0 Å². The Labute approximate surface area is 144 Å². The Balaban J connectivity index is 1.65. The summed E-state index contributed by atoms with van der Waals surface area (Å²) in [6.07, 6.45) is 4.92. The van der Waals surface area contributed by atoms with E-state index in [-0.39, 0.29) is 41.5 Å². The minimum atomic E-state index is -0.542. The van der Waals surface area contributed by atoms with Crippen molar-refractivity contribution in [1.82, 2.24) is 10.2 Å². The van der Waals surface area contributed by atoms with Crippen molar-refractivity contribution in [2.45, 2.75) is 83.5 Å². The van der Waals surface area contributed by atoms with E-state index < -0.39 is 5.60 Å². The zero-order valence-electron chi connectivity index (χ0n) is 15.3. The fourth-order valence-electron chi connectivity index (χ4n) is 4.40. The molecule has 3 N–H and O–H groups in total. The molecule has 0 aromatic rings. The number of carbonyl (C=O) groups is 2. The lowest BCUT2D eigenvalue weighted by atomic mass is 9.70. The predicted molar refractivity (Wildman–Crippen MR) is 91.3 cm³/mol. The van der Waals surface area contributed by atoms with Crippen LogP contribution in [0.3, 0.4) is 0 Å². The first-order valence-corrected chi connectivity index (χ1v) is 9.16. The quantitative estimate of drug-likeness (QED) is 0.825. The number of rotatable bonds is 3. The standard InChI is InChI=1S/C18H31N3O3/c1-17(2,3)24-16(23)21-11-6-7-12(21)14(19)13(11)15(22)20-10-18(4)8-5-9-18/h11-14H,5-10,19H2,1-4H3,(H,20,22)/t11-,12+,13+,14-/m0/s1. The van der Waals surface area contributed by atoms with E-state index in [0.717, 1.165) is 12.8 Å². The monoisotopic (exact) mass is 337 g/mol.